The highest BCUT2D eigenvalue weighted by Crippen LogP contribution is 2.62. The first-order valence-corrected chi connectivity index (χ1v) is 21.2. The minimum Gasteiger partial charge on any atom is -0.497 e. The molecule has 3 aromatic carbocycles. The summed E-state index contributed by atoms with van der Waals surface area (Å²) in [6.07, 6.45) is 9.84. The van der Waals surface area contributed by atoms with Crippen LogP contribution in [0.3, 0.4) is 0 Å². The summed E-state index contributed by atoms with van der Waals surface area (Å²) >= 11 is 0. The maximum atomic E-state index is 14.6. The Balaban J connectivity index is 1.26. The van der Waals surface area contributed by atoms with Crippen molar-refractivity contribution in [1.82, 2.24) is 10.2 Å². The third kappa shape index (κ3) is 7.83. The second-order valence-corrected chi connectivity index (χ2v) is 18.7. The molecule has 3 aromatic rings. The normalized spacial score (nSPS) is 30.2. The van der Waals surface area contributed by atoms with Crippen molar-refractivity contribution < 1.29 is 24.5 Å². The molecule has 0 aromatic heterocycles. The highest BCUT2D eigenvalue weighted by Gasteiger charge is 2.59. The maximum absolute atomic E-state index is 14.6. The van der Waals surface area contributed by atoms with Crippen LogP contribution in [-0.2, 0) is 6.42 Å². The molecular formula is C49H64N2O5. The number of nitrogens with one attached hydrogen (secondary N) is 1. The van der Waals surface area contributed by atoms with Crippen molar-refractivity contribution in [3.8, 4) is 5.75 Å². The topological polar surface area (TPSA) is 99.1 Å². The molecule has 0 heterocycles. The molecule has 56 heavy (non-hydrogen) atoms. The Labute approximate surface area is 334 Å². The molecule has 0 aliphatic heterocycles. The third-order valence-corrected chi connectivity index (χ3v) is 15.1. The second kappa shape index (κ2) is 16.1. The molecule has 7 heteroatoms. The number of rotatable bonds is 9. The smallest absolute Gasteiger partial charge is 0.317 e. The summed E-state index contributed by atoms with van der Waals surface area (Å²) in [5.74, 6) is 2.19. The van der Waals surface area contributed by atoms with Gasteiger partial charge >= 0.3 is 6.03 Å². The van der Waals surface area contributed by atoms with E-state index >= 15 is 0 Å². The van der Waals surface area contributed by atoms with Crippen molar-refractivity contribution >= 4 is 11.8 Å². The minimum atomic E-state index is -1.20. The van der Waals surface area contributed by atoms with Crippen molar-refractivity contribution in [2.45, 2.75) is 122 Å². The standard InChI is InChI=1S/C49H64N2O5/c1-32-11-10-25-48(5)43(41-23-15-34(27-39(52)20-14-32)28-42(41)45(53)36-17-21-40(56-6)22-18-36)24-26-49(48,55)31-51(30-37-16-19-38-29-44(37)47(38,3)4)46(54)50-33(2)35-12-8-7-9-13-35/h7-9,11-13,15,17-18,21-23,28,33,37-39,43-44,52,55H,10,14,16,19-20,24-27,29-31H2,1-6H3,(H,50,54)/t33-,37+,38+,39+,43+,44+,48+,49-/m1/s1. The van der Waals surface area contributed by atoms with Gasteiger partial charge in [0.1, 0.15) is 5.75 Å². The van der Waals surface area contributed by atoms with Crippen LogP contribution in [0.5, 0.6) is 5.75 Å². The van der Waals surface area contributed by atoms with E-state index in [2.05, 4.69) is 51.2 Å². The van der Waals surface area contributed by atoms with Gasteiger partial charge in [0.25, 0.3) is 0 Å². The molecule has 4 bridgehead atoms. The number of carbonyl (C=O) groups is 2. The summed E-state index contributed by atoms with van der Waals surface area (Å²) in [5.41, 5.74) is 3.76. The van der Waals surface area contributed by atoms with Crippen molar-refractivity contribution in [3.05, 3.63) is 112 Å². The van der Waals surface area contributed by atoms with Gasteiger partial charge in [-0.25, -0.2) is 4.79 Å². The van der Waals surface area contributed by atoms with Crippen LogP contribution in [0.2, 0.25) is 0 Å². The number of carbonyl (C=O) groups excluding carboxylic acids is 2. The molecule has 300 valence electrons. The van der Waals surface area contributed by atoms with Gasteiger partial charge in [-0.2, -0.15) is 0 Å². The Bertz CT molecular complexity index is 1900. The van der Waals surface area contributed by atoms with E-state index in [1.165, 1.54) is 18.4 Å². The molecule has 0 radical (unpaired) electrons. The number of urea groups is 1. The summed E-state index contributed by atoms with van der Waals surface area (Å²) in [6.45, 7) is 12.0. The fourth-order valence-corrected chi connectivity index (χ4v) is 11.2. The van der Waals surface area contributed by atoms with Crippen molar-refractivity contribution in [2.24, 2.45) is 28.6 Å². The van der Waals surface area contributed by atoms with Gasteiger partial charge in [-0.1, -0.05) is 74.9 Å². The lowest BCUT2D eigenvalue weighted by Crippen LogP contribution is -2.59. The average Bonchev–Trinajstić information content (AvgIpc) is 3.45. The number of ketones is 1. The van der Waals surface area contributed by atoms with Crippen molar-refractivity contribution in [3.63, 3.8) is 0 Å². The lowest BCUT2D eigenvalue weighted by molar-refractivity contribution is -0.118. The van der Waals surface area contributed by atoms with Gasteiger partial charge in [0.2, 0.25) is 0 Å². The zero-order valence-corrected chi connectivity index (χ0v) is 34.5. The second-order valence-electron chi connectivity index (χ2n) is 18.7. The quantitative estimate of drug-likeness (QED) is 0.149. The van der Waals surface area contributed by atoms with Gasteiger partial charge in [0.05, 0.1) is 31.4 Å². The number of ether oxygens (including phenoxy) is 1. The zero-order valence-electron chi connectivity index (χ0n) is 34.5. The summed E-state index contributed by atoms with van der Waals surface area (Å²) in [7, 11) is 1.62. The molecule has 7 nitrogen and oxygen atoms in total. The van der Waals surface area contributed by atoms with Crippen LogP contribution in [0.4, 0.5) is 4.79 Å². The number of amides is 2. The van der Waals surface area contributed by atoms with Gasteiger partial charge in [-0.3, -0.25) is 4.79 Å². The van der Waals surface area contributed by atoms with E-state index in [0.717, 1.165) is 41.9 Å². The molecule has 9 rings (SSSR count). The molecular weight excluding hydrogens is 697 g/mol. The van der Waals surface area contributed by atoms with Crippen LogP contribution in [0.1, 0.15) is 137 Å². The summed E-state index contributed by atoms with van der Waals surface area (Å²) in [5, 5.41) is 27.7. The van der Waals surface area contributed by atoms with E-state index < -0.39 is 17.1 Å². The highest BCUT2D eigenvalue weighted by atomic mass is 16.5. The molecule has 0 saturated heterocycles. The van der Waals surface area contributed by atoms with Gasteiger partial charge in [-0.15, -0.1) is 0 Å². The van der Waals surface area contributed by atoms with Crippen LogP contribution in [0.15, 0.2) is 84.4 Å². The average molecular weight is 761 g/mol. The van der Waals surface area contributed by atoms with Crippen molar-refractivity contribution in [1.29, 1.82) is 0 Å². The molecule has 6 aliphatic carbocycles. The molecule has 4 fully saturated rings. The Morgan fingerprint density at radius 1 is 0.964 bits per heavy atom. The van der Waals surface area contributed by atoms with Crippen LogP contribution < -0.4 is 10.1 Å². The SMILES string of the molecule is COc1ccc(C(=O)c2cc3ccc2[C@@H]2CC[C@@](O)(CN(C[C@@H]4CC[C@H]5C[C@@H]4C5(C)C)C(=O)N[C@H](C)c4ccccc4)[C@@]2(C)CCC=C(C)CC[C@H](O)C3)cc1. The first kappa shape index (κ1) is 40.3. The fraction of sp³-hybridized carbons (Fsp3) is 0.551. The predicted molar refractivity (Wildman–Crippen MR) is 223 cm³/mol. The molecule has 3 N–H and O–H groups in total. The van der Waals surface area contributed by atoms with E-state index in [9.17, 15) is 19.8 Å². The van der Waals surface area contributed by atoms with Crippen LogP contribution >= 0.6 is 0 Å². The molecule has 2 amide bonds. The molecule has 4 saturated carbocycles. The van der Waals surface area contributed by atoms with Gasteiger partial charge in [-0.05, 0) is 154 Å². The largest absolute Gasteiger partial charge is 0.497 e. The van der Waals surface area contributed by atoms with E-state index in [0.29, 0.717) is 67.4 Å². The third-order valence-electron chi connectivity index (χ3n) is 15.1. The highest BCUT2D eigenvalue weighted by molar-refractivity contribution is 6.10. The number of aliphatic hydroxyl groups is 2. The van der Waals surface area contributed by atoms with E-state index in [1.807, 2.05) is 72.5 Å². The Hall–Kier alpha value is -3.94. The number of fused-ring (bicyclic) bond motifs is 10. The lowest BCUT2D eigenvalue weighted by Gasteiger charge is -2.60. The first-order chi connectivity index (χ1) is 26.7. The maximum Gasteiger partial charge on any atom is 0.317 e. The van der Waals surface area contributed by atoms with Gasteiger partial charge in [0.15, 0.2) is 5.78 Å². The number of hydrogen-bond acceptors (Lipinski definition) is 5. The van der Waals surface area contributed by atoms with E-state index in [-0.39, 0.29) is 35.7 Å². The molecule has 0 spiro atoms. The van der Waals surface area contributed by atoms with Crippen molar-refractivity contribution in [2.75, 3.05) is 20.2 Å². The minimum absolute atomic E-state index is 0.0748. The molecule has 8 atom stereocenters. The first-order valence-electron chi connectivity index (χ1n) is 21.2. The number of aliphatic hydroxyl groups excluding tert-OH is 1. The zero-order chi connectivity index (χ0) is 39.8. The number of allylic oxidation sites excluding steroid dienone is 2. The fourth-order valence-electron chi connectivity index (χ4n) is 11.2. The summed E-state index contributed by atoms with van der Waals surface area (Å²) < 4.78 is 5.39. The number of methoxy groups -OCH3 is 1. The Morgan fingerprint density at radius 3 is 2.41 bits per heavy atom. The van der Waals surface area contributed by atoms with E-state index in [1.54, 1.807) is 7.11 Å². The van der Waals surface area contributed by atoms with Gasteiger partial charge in [0, 0.05) is 23.1 Å². The van der Waals surface area contributed by atoms with Crippen LogP contribution in [0.25, 0.3) is 0 Å². The van der Waals surface area contributed by atoms with Gasteiger partial charge < -0.3 is 25.2 Å². The monoisotopic (exact) mass is 760 g/mol. The Kier molecular flexibility index (Phi) is 11.6. The number of benzene rings is 3. The van der Waals surface area contributed by atoms with E-state index in [4.69, 9.17) is 4.74 Å². The van der Waals surface area contributed by atoms with Crippen LogP contribution in [0, 0.1) is 28.6 Å². The summed E-state index contributed by atoms with van der Waals surface area (Å²) in [4.78, 5) is 31.1. The predicted octanol–water partition coefficient (Wildman–Crippen LogP) is 9.81. The Morgan fingerprint density at radius 2 is 1.71 bits per heavy atom. The summed E-state index contributed by atoms with van der Waals surface area (Å²) in [6, 6.07) is 23.2. The number of nitrogens with zero attached hydrogens (tertiary/aromatic N) is 1. The number of hydrogen-bond donors (Lipinski definition) is 3. The molecule has 0 unspecified atom stereocenters. The van der Waals surface area contributed by atoms with Crippen LogP contribution in [-0.4, -0.2) is 58.8 Å². The molecule has 6 aliphatic rings. The lowest BCUT2D eigenvalue weighted by atomic mass is 9.45.